The number of carbonyl (C=O) groups excluding carboxylic acids is 1. The molecule has 0 bridgehead atoms. The zero-order valence-corrected chi connectivity index (χ0v) is 11.4. The number of aliphatic hydroxyl groups excluding tert-OH is 1. The normalized spacial score (nSPS) is 11.9. The van der Waals surface area contributed by atoms with Gasteiger partial charge in [-0.25, -0.2) is 0 Å². The van der Waals surface area contributed by atoms with Crippen molar-refractivity contribution < 1.29 is 9.90 Å². The largest absolute Gasteiger partial charge is 0.388 e. The summed E-state index contributed by atoms with van der Waals surface area (Å²) in [6.45, 7) is 0.517. The number of hydrogen-bond donors (Lipinski definition) is 1. The molecular formula is C16H18N2O2. The van der Waals surface area contributed by atoms with Crippen LogP contribution in [0.5, 0.6) is 0 Å². The second-order valence-electron chi connectivity index (χ2n) is 4.74. The van der Waals surface area contributed by atoms with E-state index in [4.69, 9.17) is 0 Å². The summed E-state index contributed by atoms with van der Waals surface area (Å²) in [6.07, 6.45) is 2.73. The highest BCUT2D eigenvalue weighted by molar-refractivity contribution is 5.76. The first-order valence-electron chi connectivity index (χ1n) is 6.52. The summed E-state index contributed by atoms with van der Waals surface area (Å²) >= 11 is 0. The van der Waals surface area contributed by atoms with Gasteiger partial charge in [-0.05, 0) is 23.3 Å². The lowest BCUT2D eigenvalue weighted by atomic mass is 10.1. The summed E-state index contributed by atoms with van der Waals surface area (Å²) in [5, 5.41) is 10.0. The smallest absolute Gasteiger partial charge is 0.225 e. The lowest BCUT2D eigenvalue weighted by Crippen LogP contribution is -2.27. The van der Waals surface area contributed by atoms with E-state index in [0.29, 0.717) is 6.54 Å². The van der Waals surface area contributed by atoms with Crippen LogP contribution < -0.4 is 0 Å². The third-order valence-corrected chi connectivity index (χ3v) is 3.15. The molecule has 1 atom stereocenters. The molecule has 0 radical (unpaired) electrons. The SMILES string of the molecule is CN(Cc1ccncc1)C(=O)CC(O)c1ccccc1. The molecule has 4 nitrogen and oxygen atoms in total. The van der Waals surface area contributed by atoms with Crippen LogP contribution in [0.25, 0.3) is 0 Å². The number of amides is 1. The van der Waals surface area contributed by atoms with Crippen LogP contribution in [0.2, 0.25) is 0 Å². The van der Waals surface area contributed by atoms with Gasteiger partial charge >= 0.3 is 0 Å². The van der Waals surface area contributed by atoms with E-state index in [9.17, 15) is 9.90 Å². The Bertz CT molecular complexity index is 543. The van der Waals surface area contributed by atoms with Crippen molar-refractivity contribution in [2.45, 2.75) is 19.1 Å². The summed E-state index contributed by atoms with van der Waals surface area (Å²) in [5.41, 5.74) is 1.78. The van der Waals surface area contributed by atoms with Crippen LogP contribution >= 0.6 is 0 Å². The summed E-state index contributed by atoms with van der Waals surface area (Å²) in [6, 6.07) is 13.0. The van der Waals surface area contributed by atoms with E-state index in [1.165, 1.54) is 0 Å². The van der Waals surface area contributed by atoms with E-state index < -0.39 is 6.10 Å². The van der Waals surface area contributed by atoms with E-state index in [1.807, 2.05) is 42.5 Å². The van der Waals surface area contributed by atoms with Gasteiger partial charge in [-0.15, -0.1) is 0 Å². The van der Waals surface area contributed by atoms with Gasteiger partial charge in [-0.1, -0.05) is 30.3 Å². The summed E-state index contributed by atoms with van der Waals surface area (Å²) in [7, 11) is 1.74. The monoisotopic (exact) mass is 270 g/mol. The first kappa shape index (κ1) is 14.2. The van der Waals surface area contributed by atoms with Gasteiger partial charge in [-0.3, -0.25) is 9.78 Å². The molecule has 0 aliphatic rings. The fourth-order valence-corrected chi connectivity index (χ4v) is 1.96. The Kier molecular flexibility index (Phi) is 4.85. The number of hydrogen-bond acceptors (Lipinski definition) is 3. The van der Waals surface area contributed by atoms with E-state index in [2.05, 4.69) is 4.98 Å². The Labute approximate surface area is 118 Å². The molecule has 0 fully saturated rings. The van der Waals surface area contributed by atoms with Gasteiger partial charge in [-0.2, -0.15) is 0 Å². The first-order chi connectivity index (χ1) is 9.66. The maximum atomic E-state index is 12.1. The third-order valence-electron chi connectivity index (χ3n) is 3.15. The van der Waals surface area contributed by atoms with Gasteiger partial charge < -0.3 is 10.0 Å². The van der Waals surface area contributed by atoms with Crippen molar-refractivity contribution in [3.05, 3.63) is 66.0 Å². The molecule has 0 aliphatic carbocycles. The van der Waals surface area contributed by atoms with E-state index >= 15 is 0 Å². The van der Waals surface area contributed by atoms with Crippen molar-refractivity contribution in [3.63, 3.8) is 0 Å². The number of nitrogens with zero attached hydrogens (tertiary/aromatic N) is 2. The minimum atomic E-state index is -0.761. The van der Waals surface area contributed by atoms with Crippen molar-refractivity contribution in [1.29, 1.82) is 0 Å². The molecule has 4 heteroatoms. The van der Waals surface area contributed by atoms with Crippen LogP contribution in [0.3, 0.4) is 0 Å². The summed E-state index contributed by atoms with van der Waals surface area (Å²) in [5.74, 6) is -0.0850. The van der Waals surface area contributed by atoms with Crippen LogP contribution in [0.15, 0.2) is 54.9 Å². The van der Waals surface area contributed by atoms with Gasteiger partial charge in [0.25, 0.3) is 0 Å². The lowest BCUT2D eigenvalue weighted by Gasteiger charge is -2.19. The van der Waals surface area contributed by atoms with E-state index in [1.54, 1.807) is 24.3 Å². The molecule has 1 aromatic carbocycles. The fraction of sp³-hybridized carbons (Fsp3) is 0.250. The Morgan fingerprint density at radius 2 is 1.85 bits per heavy atom. The first-order valence-corrected chi connectivity index (χ1v) is 6.52. The van der Waals surface area contributed by atoms with Crippen LogP contribution in [0, 0.1) is 0 Å². The summed E-state index contributed by atoms with van der Waals surface area (Å²) in [4.78, 5) is 17.6. The molecule has 104 valence electrons. The quantitative estimate of drug-likeness (QED) is 0.906. The zero-order chi connectivity index (χ0) is 14.4. The molecule has 0 spiro atoms. The van der Waals surface area contributed by atoms with Gasteiger partial charge in [0.1, 0.15) is 0 Å². The molecule has 20 heavy (non-hydrogen) atoms. The number of aliphatic hydroxyl groups is 1. The Morgan fingerprint density at radius 1 is 1.20 bits per heavy atom. The predicted molar refractivity (Wildman–Crippen MR) is 76.7 cm³/mol. The number of benzene rings is 1. The van der Waals surface area contributed by atoms with Crippen molar-refractivity contribution in [1.82, 2.24) is 9.88 Å². The maximum absolute atomic E-state index is 12.1. The van der Waals surface area contributed by atoms with Crippen LogP contribution in [0.1, 0.15) is 23.7 Å². The Balaban J connectivity index is 1.91. The average molecular weight is 270 g/mol. The molecule has 0 saturated carbocycles. The van der Waals surface area contributed by atoms with Crippen molar-refractivity contribution in [2.24, 2.45) is 0 Å². The maximum Gasteiger partial charge on any atom is 0.225 e. The second-order valence-corrected chi connectivity index (χ2v) is 4.74. The third kappa shape index (κ3) is 3.90. The molecule has 1 N–H and O–H groups in total. The second kappa shape index (κ2) is 6.82. The minimum absolute atomic E-state index is 0.0850. The molecule has 2 rings (SSSR count). The fourth-order valence-electron chi connectivity index (χ4n) is 1.96. The highest BCUT2D eigenvalue weighted by Gasteiger charge is 2.16. The molecule has 2 aromatic rings. The highest BCUT2D eigenvalue weighted by atomic mass is 16.3. The molecule has 1 amide bonds. The molecule has 0 saturated heterocycles. The van der Waals surface area contributed by atoms with Crippen LogP contribution in [-0.2, 0) is 11.3 Å². The van der Waals surface area contributed by atoms with Crippen molar-refractivity contribution in [3.8, 4) is 0 Å². The van der Waals surface area contributed by atoms with Crippen LogP contribution in [0.4, 0.5) is 0 Å². The molecule has 0 aliphatic heterocycles. The van der Waals surface area contributed by atoms with Gasteiger partial charge in [0, 0.05) is 26.0 Å². The van der Waals surface area contributed by atoms with Crippen LogP contribution in [-0.4, -0.2) is 27.9 Å². The average Bonchev–Trinajstić information content (AvgIpc) is 2.49. The minimum Gasteiger partial charge on any atom is -0.388 e. The zero-order valence-electron chi connectivity index (χ0n) is 11.4. The number of rotatable bonds is 5. The highest BCUT2D eigenvalue weighted by Crippen LogP contribution is 2.17. The van der Waals surface area contributed by atoms with Gasteiger partial charge in [0.2, 0.25) is 5.91 Å². The number of aromatic nitrogens is 1. The Morgan fingerprint density at radius 3 is 2.50 bits per heavy atom. The lowest BCUT2D eigenvalue weighted by molar-refractivity contribution is -0.132. The summed E-state index contributed by atoms with van der Waals surface area (Å²) < 4.78 is 0. The van der Waals surface area contributed by atoms with Crippen molar-refractivity contribution >= 4 is 5.91 Å². The number of carbonyl (C=O) groups is 1. The topological polar surface area (TPSA) is 53.4 Å². The molecular weight excluding hydrogens is 252 g/mol. The van der Waals surface area contributed by atoms with Crippen molar-refractivity contribution in [2.75, 3.05) is 7.05 Å². The van der Waals surface area contributed by atoms with E-state index in [-0.39, 0.29) is 12.3 Å². The van der Waals surface area contributed by atoms with Gasteiger partial charge in [0.05, 0.1) is 12.5 Å². The molecule has 1 unspecified atom stereocenters. The Hall–Kier alpha value is -2.20. The van der Waals surface area contributed by atoms with Gasteiger partial charge in [0.15, 0.2) is 0 Å². The standard InChI is InChI=1S/C16H18N2O2/c1-18(12-13-7-9-17-10-8-13)16(20)11-15(19)14-5-3-2-4-6-14/h2-10,15,19H,11-12H2,1H3. The molecule has 1 aromatic heterocycles. The predicted octanol–water partition coefficient (Wildman–Crippen LogP) is 2.16. The van der Waals surface area contributed by atoms with E-state index in [0.717, 1.165) is 11.1 Å². The molecule has 1 heterocycles. The number of pyridine rings is 1.